The van der Waals surface area contributed by atoms with Crippen molar-refractivity contribution >= 4 is 29.4 Å². The Balaban J connectivity index is 1.51. The van der Waals surface area contributed by atoms with Gasteiger partial charge in [-0.1, -0.05) is 17.2 Å². The van der Waals surface area contributed by atoms with Crippen LogP contribution in [0.3, 0.4) is 0 Å². The van der Waals surface area contributed by atoms with E-state index in [0.717, 1.165) is 6.07 Å². The summed E-state index contributed by atoms with van der Waals surface area (Å²) in [6.45, 7) is 0. The molecule has 8 heteroatoms. The molecule has 0 bridgehead atoms. The van der Waals surface area contributed by atoms with E-state index in [9.17, 15) is 23.6 Å². The molecule has 7 nitrogen and oxygen atoms in total. The summed E-state index contributed by atoms with van der Waals surface area (Å²) >= 11 is 0. The lowest BCUT2D eigenvalue weighted by Crippen LogP contribution is -2.33. The second-order valence-corrected chi connectivity index (χ2v) is 5.89. The molecule has 4 rings (SSSR count). The molecule has 0 saturated carbocycles. The van der Waals surface area contributed by atoms with Gasteiger partial charge in [0.25, 0.3) is 11.8 Å². The first-order chi connectivity index (χ1) is 12.5. The van der Waals surface area contributed by atoms with Gasteiger partial charge >= 0.3 is 5.97 Å². The van der Waals surface area contributed by atoms with E-state index in [1.165, 1.54) is 24.3 Å². The zero-order valence-electron chi connectivity index (χ0n) is 13.2. The molecule has 2 aliphatic rings. The van der Waals surface area contributed by atoms with Crippen molar-refractivity contribution in [2.45, 2.75) is 12.3 Å². The van der Waals surface area contributed by atoms with Crippen molar-refractivity contribution in [3.63, 3.8) is 0 Å². The number of hydrogen-bond donors (Lipinski definition) is 1. The summed E-state index contributed by atoms with van der Waals surface area (Å²) in [5, 5.41) is 2.93. The number of anilines is 1. The summed E-state index contributed by atoms with van der Waals surface area (Å²) in [4.78, 5) is 53.5. The highest BCUT2D eigenvalue weighted by Crippen LogP contribution is 2.35. The van der Waals surface area contributed by atoms with Crippen LogP contribution < -0.4 is 5.32 Å². The molecular formula is C18H11FN2O5. The molecule has 3 amide bonds. The number of carbonyl (C=O) groups excluding carboxylic acids is 4. The molecule has 2 aromatic rings. The van der Waals surface area contributed by atoms with E-state index in [1.807, 2.05) is 0 Å². The van der Waals surface area contributed by atoms with Gasteiger partial charge in [0.2, 0.25) is 5.91 Å². The third-order valence-corrected chi connectivity index (χ3v) is 4.28. The number of benzene rings is 2. The molecule has 0 aliphatic carbocycles. The van der Waals surface area contributed by atoms with Gasteiger partial charge in [0, 0.05) is 5.69 Å². The SMILES string of the molecule is O=C(CC1C(=O)Nc2ccc(F)cc21)ON1C(=O)c2ccccc2C1=O. The maximum Gasteiger partial charge on any atom is 0.334 e. The third kappa shape index (κ3) is 2.43. The quantitative estimate of drug-likeness (QED) is 0.851. The van der Waals surface area contributed by atoms with Crippen molar-refractivity contribution in [2.75, 3.05) is 5.32 Å². The molecule has 0 saturated heterocycles. The Kier molecular flexibility index (Phi) is 3.54. The average molecular weight is 354 g/mol. The lowest BCUT2D eigenvalue weighted by Gasteiger charge is -2.14. The molecule has 2 aliphatic heterocycles. The predicted molar refractivity (Wildman–Crippen MR) is 85.4 cm³/mol. The number of fused-ring (bicyclic) bond motifs is 2. The highest BCUT2D eigenvalue weighted by molar-refractivity contribution is 6.21. The number of rotatable bonds is 3. The number of hydrogen-bond acceptors (Lipinski definition) is 5. The van der Waals surface area contributed by atoms with Crippen LogP contribution in [0, 0.1) is 5.82 Å². The van der Waals surface area contributed by atoms with Gasteiger partial charge in [-0.3, -0.25) is 14.4 Å². The standard InChI is InChI=1S/C18H11FN2O5/c19-9-5-6-14-12(7-9)13(16(23)20-14)8-15(22)26-21-17(24)10-3-1-2-4-11(10)18(21)25/h1-7,13H,8H2,(H,20,23). The summed E-state index contributed by atoms with van der Waals surface area (Å²) in [6.07, 6.45) is -0.435. The van der Waals surface area contributed by atoms with E-state index < -0.39 is 41.8 Å². The highest BCUT2D eigenvalue weighted by atomic mass is 19.1. The smallest absolute Gasteiger partial charge is 0.330 e. The molecule has 0 fully saturated rings. The van der Waals surface area contributed by atoms with Crippen LogP contribution in [0.1, 0.15) is 38.6 Å². The number of nitrogens with zero attached hydrogens (tertiary/aromatic N) is 1. The predicted octanol–water partition coefficient (Wildman–Crippen LogP) is 2.01. The fraction of sp³-hybridized carbons (Fsp3) is 0.111. The number of hydroxylamine groups is 2. The molecule has 0 aromatic heterocycles. The molecule has 1 N–H and O–H groups in total. The fourth-order valence-electron chi connectivity index (χ4n) is 3.06. The Morgan fingerprint density at radius 3 is 2.38 bits per heavy atom. The molecule has 1 atom stereocenters. The number of nitrogens with one attached hydrogen (secondary N) is 1. The first kappa shape index (κ1) is 15.9. The van der Waals surface area contributed by atoms with E-state index in [-0.39, 0.29) is 11.1 Å². The van der Waals surface area contributed by atoms with E-state index >= 15 is 0 Å². The molecule has 0 spiro atoms. The van der Waals surface area contributed by atoms with Gasteiger partial charge in [-0.15, -0.1) is 0 Å². The van der Waals surface area contributed by atoms with Crippen LogP contribution in [0.4, 0.5) is 10.1 Å². The van der Waals surface area contributed by atoms with Crippen molar-refractivity contribution in [3.8, 4) is 0 Å². The Bertz CT molecular complexity index is 952. The number of carbonyl (C=O) groups is 4. The van der Waals surface area contributed by atoms with Crippen molar-refractivity contribution in [1.82, 2.24) is 5.06 Å². The van der Waals surface area contributed by atoms with Crippen LogP contribution in [0.25, 0.3) is 0 Å². The Labute approximate surface area is 146 Å². The fourth-order valence-corrected chi connectivity index (χ4v) is 3.06. The van der Waals surface area contributed by atoms with Gasteiger partial charge in [-0.2, -0.15) is 0 Å². The second kappa shape index (κ2) is 5.76. The van der Waals surface area contributed by atoms with Crippen LogP contribution in [-0.4, -0.2) is 28.8 Å². The summed E-state index contributed by atoms with van der Waals surface area (Å²) in [5.74, 6) is -4.42. The van der Waals surface area contributed by atoms with Crippen molar-refractivity contribution in [2.24, 2.45) is 0 Å². The zero-order chi connectivity index (χ0) is 18.4. The minimum absolute atomic E-state index is 0.135. The van der Waals surface area contributed by atoms with Crippen molar-refractivity contribution < 1.29 is 28.4 Å². The molecule has 0 radical (unpaired) electrons. The summed E-state index contributed by atoms with van der Waals surface area (Å²) in [5.41, 5.74) is 1.01. The van der Waals surface area contributed by atoms with Crippen LogP contribution >= 0.6 is 0 Å². The van der Waals surface area contributed by atoms with Crippen LogP contribution in [-0.2, 0) is 14.4 Å². The molecule has 2 heterocycles. The van der Waals surface area contributed by atoms with Crippen LogP contribution in [0.2, 0.25) is 0 Å². The Morgan fingerprint density at radius 2 is 1.73 bits per heavy atom. The lowest BCUT2D eigenvalue weighted by atomic mass is 9.97. The summed E-state index contributed by atoms with van der Waals surface area (Å²) in [7, 11) is 0. The van der Waals surface area contributed by atoms with E-state index in [4.69, 9.17) is 4.84 Å². The zero-order valence-corrected chi connectivity index (χ0v) is 13.2. The highest BCUT2D eigenvalue weighted by Gasteiger charge is 2.40. The normalized spacial score (nSPS) is 17.8. The first-order valence-electron chi connectivity index (χ1n) is 7.74. The maximum atomic E-state index is 13.4. The van der Waals surface area contributed by atoms with E-state index in [2.05, 4.69) is 5.32 Å². The molecule has 1 unspecified atom stereocenters. The van der Waals surface area contributed by atoms with Gasteiger partial charge < -0.3 is 10.2 Å². The summed E-state index contributed by atoms with van der Waals surface area (Å²) in [6, 6.07) is 9.83. The largest absolute Gasteiger partial charge is 0.334 e. The van der Waals surface area contributed by atoms with Crippen molar-refractivity contribution in [3.05, 3.63) is 65.0 Å². The van der Waals surface area contributed by atoms with Gasteiger partial charge in [0.1, 0.15) is 5.82 Å². The Hall–Kier alpha value is -3.55. The third-order valence-electron chi connectivity index (χ3n) is 4.28. The maximum absolute atomic E-state index is 13.4. The minimum Gasteiger partial charge on any atom is -0.330 e. The van der Waals surface area contributed by atoms with Gasteiger partial charge in [0.05, 0.1) is 23.5 Å². The van der Waals surface area contributed by atoms with Gasteiger partial charge in [-0.25, -0.2) is 9.18 Å². The Morgan fingerprint density at radius 1 is 1.08 bits per heavy atom. The minimum atomic E-state index is -0.955. The lowest BCUT2D eigenvalue weighted by molar-refractivity contribution is -0.169. The number of amides is 3. The molecule has 26 heavy (non-hydrogen) atoms. The average Bonchev–Trinajstić information content (AvgIpc) is 3.05. The van der Waals surface area contributed by atoms with Crippen LogP contribution in [0.15, 0.2) is 42.5 Å². The monoisotopic (exact) mass is 354 g/mol. The number of halogens is 1. The second-order valence-electron chi connectivity index (χ2n) is 5.89. The number of imide groups is 1. The summed E-state index contributed by atoms with van der Waals surface area (Å²) < 4.78 is 13.4. The molecular weight excluding hydrogens is 343 g/mol. The topological polar surface area (TPSA) is 92.8 Å². The van der Waals surface area contributed by atoms with E-state index in [0.29, 0.717) is 16.3 Å². The van der Waals surface area contributed by atoms with Crippen molar-refractivity contribution in [1.29, 1.82) is 0 Å². The molecule has 130 valence electrons. The van der Waals surface area contributed by atoms with Gasteiger partial charge in [0.15, 0.2) is 0 Å². The van der Waals surface area contributed by atoms with Gasteiger partial charge in [-0.05, 0) is 35.9 Å². The molecule has 2 aromatic carbocycles. The first-order valence-corrected chi connectivity index (χ1v) is 7.74. The van der Waals surface area contributed by atoms with E-state index in [1.54, 1.807) is 12.1 Å². The van der Waals surface area contributed by atoms with Crippen LogP contribution in [0.5, 0.6) is 0 Å².